The maximum absolute atomic E-state index is 13.3. The van der Waals surface area contributed by atoms with Gasteiger partial charge in [0.05, 0.1) is 5.92 Å². The van der Waals surface area contributed by atoms with Crippen molar-refractivity contribution >= 4 is 11.6 Å². The van der Waals surface area contributed by atoms with E-state index >= 15 is 0 Å². The van der Waals surface area contributed by atoms with E-state index in [0.717, 1.165) is 35.2 Å². The van der Waals surface area contributed by atoms with Crippen LogP contribution in [0.2, 0.25) is 0 Å². The van der Waals surface area contributed by atoms with E-state index in [1.165, 1.54) is 11.1 Å². The molecular weight excluding hydrogens is 332 g/mol. The molecule has 1 amide bonds. The summed E-state index contributed by atoms with van der Waals surface area (Å²) in [4.78, 5) is 17.6. The molecule has 3 aromatic rings. The standard InChI is InChI=1S/C24H20N2O/c27-24-22(17-8-2-1-3-9-17)21(18-10-6-14-25-15-18)20-13-12-16-7-4-5-11-19(16)23(20)26-24/h1-11,14-15,21-22H,12-13H2,(H,26,27). The van der Waals surface area contributed by atoms with E-state index in [-0.39, 0.29) is 17.7 Å². The van der Waals surface area contributed by atoms with Gasteiger partial charge in [0.2, 0.25) is 5.91 Å². The van der Waals surface area contributed by atoms with Gasteiger partial charge in [-0.25, -0.2) is 0 Å². The van der Waals surface area contributed by atoms with Crippen molar-refractivity contribution in [2.45, 2.75) is 24.7 Å². The Morgan fingerprint density at radius 2 is 1.59 bits per heavy atom. The topological polar surface area (TPSA) is 42.0 Å². The Morgan fingerprint density at radius 1 is 0.815 bits per heavy atom. The van der Waals surface area contributed by atoms with Gasteiger partial charge >= 0.3 is 0 Å². The van der Waals surface area contributed by atoms with Crippen LogP contribution in [0.4, 0.5) is 0 Å². The van der Waals surface area contributed by atoms with Crippen LogP contribution in [-0.2, 0) is 11.2 Å². The number of nitrogens with zero attached hydrogens (tertiary/aromatic N) is 1. The second-order valence-electron chi connectivity index (χ2n) is 7.20. The third-order valence-corrected chi connectivity index (χ3v) is 5.71. The molecule has 0 fully saturated rings. The fourth-order valence-corrected chi connectivity index (χ4v) is 4.52. The zero-order valence-electron chi connectivity index (χ0n) is 14.9. The van der Waals surface area contributed by atoms with Gasteiger partial charge in [0.25, 0.3) is 0 Å². The van der Waals surface area contributed by atoms with Gasteiger partial charge in [-0.1, -0.05) is 60.7 Å². The first kappa shape index (κ1) is 16.0. The molecule has 2 aliphatic rings. The Hall–Kier alpha value is -3.20. The Morgan fingerprint density at radius 3 is 2.41 bits per heavy atom. The predicted octanol–water partition coefficient (Wildman–Crippen LogP) is 4.44. The van der Waals surface area contributed by atoms with E-state index in [2.05, 4.69) is 46.7 Å². The lowest BCUT2D eigenvalue weighted by molar-refractivity contribution is -0.122. The van der Waals surface area contributed by atoms with E-state index in [0.29, 0.717) is 0 Å². The normalized spacial score (nSPS) is 21.3. The van der Waals surface area contributed by atoms with Gasteiger partial charge in [-0.15, -0.1) is 0 Å². The van der Waals surface area contributed by atoms with Crippen molar-refractivity contribution in [3.05, 3.63) is 107 Å². The summed E-state index contributed by atoms with van der Waals surface area (Å²) in [6.07, 6.45) is 5.65. The SMILES string of the molecule is O=C1NC2=C(CCc3ccccc32)C(c2cccnc2)C1c1ccccc1. The average Bonchev–Trinajstić information content (AvgIpc) is 2.74. The summed E-state index contributed by atoms with van der Waals surface area (Å²) in [5.74, 6) is -0.164. The third-order valence-electron chi connectivity index (χ3n) is 5.71. The number of aromatic nitrogens is 1. The first-order valence-corrected chi connectivity index (χ1v) is 9.40. The second kappa shape index (κ2) is 6.51. The number of carbonyl (C=O) groups is 1. The molecule has 0 bridgehead atoms. The number of amides is 1. The highest BCUT2D eigenvalue weighted by Gasteiger charge is 2.41. The summed E-state index contributed by atoms with van der Waals surface area (Å²) in [6.45, 7) is 0. The Labute approximate surface area is 158 Å². The minimum Gasteiger partial charge on any atom is -0.325 e. The highest BCUT2D eigenvalue weighted by molar-refractivity contribution is 5.97. The van der Waals surface area contributed by atoms with E-state index in [9.17, 15) is 4.79 Å². The number of rotatable bonds is 2. The lowest BCUT2D eigenvalue weighted by atomic mass is 9.70. The quantitative estimate of drug-likeness (QED) is 0.741. The molecule has 2 heterocycles. The van der Waals surface area contributed by atoms with Crippen molar-refractivity contribution in [1.82, 2.24) is 10.3 Å². The fourth-order valence-electron chi connectivity index (χ4n) is 4.52. The molecule has 3 nitrogen and oxygen atoms in total. The average molecular weight is 352 g/mol. The van der Waals surface area contributed by atoms with Crippen LogP contribution in [0.15, 0.2) is 84.7 Å². The molecule has 1 N–H and O–H groups in total. The van der Waals surface area contributed by atoms with Crippen LogP contribution in [0.25, 0.3) is 5.70 Å². The van der Waals surface area contributed by atoms with Gasteiger partial charge in [0.15, 0.2) is 0 Å². The van der Waals surface area contributed by atoms with Crippen LogP contribution in [0.5, 0.6) is 0 Å². The largest absolute Gasteiger partial charge is 0.325 e. The Bertz CT molecular complexity index is 1020. The monoisotopic (exact) mass is 352 g/mol. The summed E-state index contributed by atoms with van der Waals surface area (Å²) in [7, 11) is 0. The zero-order chi connectivity index (χ0) is 18.2. The van der Waals surface area contributed by atoms with Crippen molar-refractivity contribution in [3.8, 4) is 0 Å². The molecule has 132 valence electrons. The number of carbonyl (C=O) groups excluding carboxylic acids is 1. The smallest absolute Gasteiger partial charge is 0.232 e. The van der Waals surface area contributed by atoms with Gasteiger partial charge in [0, 0.05) is 29.6 Å². The minimum atomic E-state index is -0.237. The van der Waals surface area contributed by atoms with Crippen LogP contribution >= 0.6 is 0 Å². The Kier molecular flexibility index (Phi) is 3.86. The fraction of sp³-hybridized carbons (Fsp3) is 0.167. The maximum atomic E-state index is 13.3. The zero-order valence-corrected chi connectivity index (χ0v) is 14.9. The Balaban J connectivity index is 1.73. The van der Waals surface area contributed by atoms with Crippen molar-refractivity contribution in [1.29, 1.82) is 0 Å². The summed E-state index contributed by atoms with van der Waals surface area (Å²) in [5, 5.41) is 3.24. The van der Waals surface area contributed by atoms with Crippen molar-refractivity contribution in [3.63, 3.8) is 0 Å². The van der Waals surface area contributed by atoms with Gasteiger partial charge < -0.3 is 5.32 Å². The molecule has 27 heavy (non-hydrogen) atoms. The molecule has 3 heteroatoms. The summed E-state index contributed by atoms with van der Waals surface area (Å²) in [6, 6.07) is 22.5. The van der Waals surface area contributed by atoms with Crippen molar-refractivity contribution in [2.75, 3.05) is 0 Å². The van der Waals surface area contributed by atoms with Gasteiger partial charge in [-0.2, -0.15) is 0 Å². The highest BCUT2D eigenvalue weighted by Crippen LogP contribution is 2.48. The molecule has 0 radical (unpaired) electrons. The molecule has 1 aromatic heterocycles. The lowest BCUT2D eigenvalue weighted by Crippen LogP contribution is -2.39. The van der Waals surface area contributed by atoms with Crippen LogP contribution < -0.4 is 5.32 Å². The van der Waals surface area contributed by atoms with E-state index < -0.39 is 0 Å². The summed E-state index contributed by atoms with van der Waals surface area (Å²) < 4.78 is 0. The van der Waals surface area contributed by atoms with Gasteiger partial charge in [-0.3, -0.25) is 9.78 Å². The van der Waals surface area contributed by atoms with E-state index in [4.69, 9.17) is 0 Å². The number of benzene rings is 2. The predicted molar refractivity (Wildman–Crippen MR) is 106 cm³/mol. The van der Waals surface area contributed by atoms with Crippen LogP contribution in [-0.4, -0.2) is 10.9 Å². The van der Waals surface area contributed by atoms with Gasteiger partial charge in [-0.05, 0) is 41.2 Å². The molecule has 2 atom stereocenters. The van der Waals surface area contributed by atoms with E-state index in [1.54, 1.807) is 6.20 Å². The number of aryl methyl sites for hydroxylation is 1. The minimum absolute atomic E-state index is 0.0122. The molecule has 0 saturated carbocycles. The molecule has 2 unspecified atom stereocenters. The number of fused-ring (bicyclic) bond motifs is 2. The van der Waals surface area contributed by atoms with Crippen molar-refractivity contribution < 1.29 is 4.79 Å². The molecule has 1 aliphatic carbocycles. The summed E-state index contributed by atoms with van der Waals surface area (Å²) >= 11 is 0. The number of hydrogen-bond donors (Lipinski definition) is 1. The third kappa shape index (κ3) is 2.67. The lowest BCUT2D eigenvalue weighted by Gasteiger charge is -2.38. The highest BCUT2D eigenvalue weighted by atomic mass is 16.2. The van der Waals surface area contributed by atoms with Crippen LogP contribution in [0.3, 0.4) is 0 Å². The maximum Gasteiger partial charge on any atom is 0.232 e. The molecular formula is C24H20N2O. The number of pyridine rings is 1. The number of nitrogens with one attached hydrogen (secondary N) is 1. The first-order chi connectivity index (χ1) is 13.3. The van der Waals surface area contributed by atoms with Crippen LogP contribution in [0.1, 0.15) is 40.5 Å². The number of allylic oxidation sites excluding steroid dienone is 1. The molecule has 1 aliphatic heterocycles. The second-order valence-corrected chi connectivity index (χ2v) is 7.20. The molecule has 5 rings (SSSR count). The van der Waals surface area contributed by atoms with E-state index in [1.807, 2.05) is 36.5 Å². The first-order valence-electron chi connectivity index (χ1n) is 9.40. The van der Waals surface area contributed by atoms with Crippen molar-refractivity contribution in [2.24, 2.45) is 0 Å². The molecule has 2 aromatic carbocycles. The summed E-state index contributed by atoms with van der Waals surface area (Å²) in [5.41, 5.74) is 6.94. The number of hydrogen-bond acceptors (Lipinski definition) is 2. The molecule has 0 spiro atoms. The van der Waals surface area contributed by atoms with Crippen LogP contribution in [0, 0.1) is 0 Å². The molecule has 0 saturated heterocycles. The van der Waals surface area contributed by atoms with Gasteiger partial charge in [0.1, 0.15) is 0 Å².